The van der Waals surface area contributed by atoms with Gasteiger partial charge in [0, 0.05) is 11.5 Å². The van der Waals surface area contributed by atoms with Gasteiger partial charge in [0.25, 0.3) is 0 Å². The van der Waals surface area contributed by atoms with E-state index < -0.39 is 0 Å². The Hall–Kier alpha value is -1.16. The Balaban J connectivity index is 2.03. The van der Waals surface area contributed by atoms with Gasteiger partial charge in [0.05, 0.1) is 19.3 Å². The second kappa shape index (κ2) is 5.96. The molecule has 1 aliphatic heterocycles. The molecular formula is C14H18O3. The van der Waals surface area contributed by atoms with E-state index in [2.05, 4.69) is 6.58 Å². The largest absolute Gasteiger partial charge is 0.394 e. The van der Waals surface area contributed by atoms with Crippen molar-refractivity contribution in [3.63, 3.8) is 0 Å². The van der Waals surface area contributed by atoms with Gasteiger partial charge in [-0.05, 0) is 6.42 Å². The Morgan fingerprint density at radius 3 is 2.76 bits per heavy atom. The van der Waals surface area contributed by atoms with E-state index in [4.69, 9.17) is 9.47 Å². The Labute approximate surface area is 102 Å². The molecule has 1 aromatic rings. The highest BCUT2D eigenvalue weighted by Crippen LogP contribution is 2.30. The number of aliphatic hydroxyl groups excluding tert-OH is 1. The van der Waals surface area contributed by atoms with Crippen molar-refractivity contribution in [2.45, 2.75) is 18.8 Å². The average molecular weight is 234 g/mol. The summed E-state index contributed by atoms with van der Waals surface area (Å²) < 4.78 is 11.4. The summed E-state index contributed by atoms with van der Waals surface area (Å²) >= 11 is 0. The molecule has 0 aromatic heterocycles. The molecule has 0 amide bonds. The number of ether oxygens (including phenoxy) is 2. The zero-order valence-corrected chi connectivity index (χ0v) is 9.79. The van der Waals surface area contributed by atoms with Crippen molar-refractivity contribution in [2.24, 2.45) is 5.92 Å². The Kier molecular flexibility index (Phi) is 4.31. The third-order valence-electron chi connectivity index (χ3n) is 3.01. The van der Waals surface area contributed by atoms with E-state index in [1.807, 2.05) is 36.4 Å². The monoisotopic (exact) mass is 234 g/mol. The van der Waals surface area contributed by atoms with Crippen molar-refractivity contribution in [3.8, 4) is 0 Å². The number of hydrogen-bond donors (Lipinski definition) is 1. The quantitative estimate of drug-likeness (QED) is 0.812. The molecule has 2 rings (SSSR count). The molecular weight excluding hydrogens is 216 g/mol. The van der Waals surface area contributed by atoms with Gasteiger partial charge in [-0.1, -0.05) is 36.4 Å². The lowest BCUT2D eigenvalue weighted by Crippen LogP contribution is -2.38. The number of benzene rings is 1. The van der Waals surface area contributed by atoms with E-state index in [-0.39, 0.29) is 24.9 Å². The zero-order valence-electron chi connectivity index (χ0n) is 9.79. The van der Waals surface area contributed by atoms with Gasteiger partial charge in [0.15, 0.2) is 6.29 Å². The second-order valence-electron chi connectivity index (χ2n) is 4.22. The molecule has 1 aromatic carbocycles. The minimum absolute atomic E-state index is 0.0190. The summed E-state index contributed by atoms with van der Waals surface area (Å²) in [6.45, 7) is 4.32. The third kappa shape index (κ3) is 2.94. The molecule has 3 heteroatoms. The van der Waals surface area contributed by atoms with Crippen LogP contribution in [-0.4, -0.2) is 24.4 Å². The van der Waals surface area contributed by atoms with Crippen LogP contribution in [0.5, 0.6) is 0 Å². The normalized spacial score (nSPS) is 28.9. The predicted molar refractivity (Wildman–Crippen MR) is 65.4 cm³/mol. The zero-order chi connectivity index (χ0) is 12.1. The van der Waals surface area contributed by atoms with Crippen LogP contribution in [-0.2, 0) is 9.47 Å². The van der Waals surface area contributed by atoms with Gasteiger partial charge in [-0.15, -0.1) is 6.58 Å². The highest BCUT2D eigenvalue weighted by molar-refractivity contribution is 5.16. The summed E-state index contributed by atoms with van der Waals surface area (Å²) in [6, 6.07) is 9.79. The first-order chi connectivity index (χ1) is 8.35. The first-order valence-corrected chi connectivity index (χ1v) is 5.89. The van der Waals surface area contributed by atoms with Gasteiger partial charge in [-0.3, -0.25) is 0 Å². The van der Waals surface area contributed by atoms with Crippen molar-refractivity contribution in [2.75, 3.05) is 13.2 Å². The van der Waals surface area contributed by atoms with Gasteiger partial charge in [0.2, 0.25) is 0 Å². The van der Waals surface area contributed by atoms with E-state index >= 15 is 0 Å². The van der Waals surface area contributed by atoms with Crippen LogP contribution in [0.4, 0.5) is 0 Å². The second-order valence-corrected chi connectivity index (χ2v) is 4.22. The first-order valence-electron chi connectivity index (χ1n) is 5.89. The fourth-order valence-corrected chi connectivity index (χ4v) is 2.04. The summed E-state index contributed by atoms with van der Waals surface area (Å²) in [5, 5.41) is 9.34. The maximum Gasteiger partial charge on any atom is 0.184 e. The highest BCUT2D eigenvalue weighted by atomic mass is 16.7. The van der Waals surface area contributed by atoms with Crippen LogP contribution in [0.25, 0.3) is 0 Å². The van der Waals surface area contributed by atoms with E-state index in [0.29, 0.717) is 6.61 Å². The molecule has 17 heavy (non-hydrogen) atoms. The standard InChI is InChI=1S/C14H18O3/c1-2-6-12-10-16-14(17-13(12)9-15)11-7-4-3-5-8-11/h2-5,7-8,12-15H,1,6,9-10H2/t12-,13+,14-/m1/s1. The third-order valence-corrected chi connectivity index (χ3v) is 3.01. The van der Waals surface area contributed by atoms with Crippen molar-refractivity contribution >= 4 is 0 Å². The van der Waals surface area contributed by atoms with Crippen LogP contribution >= 0.6 is 0 Å². The molecule has 0 aliphatic carbocycles. The molecule has 0 radical (unpaired) electrons. The van der Waals surface area contributed by atoms with Crippen molar-refractivity contribution in [1.82, 2.24) is 0 Å². The van der Waals surface area contributed by atoms with E-state index in [0.717, 1.165) is 12.0 Å². The minimum atomic E-state index is -0.366. The smallest absolute Gasteiger partial charge is 0.184 e. The predicted octanol–water partition coefficient (Wildman–Crippen LogP) is 2.29. The lowest BCUT2D eigenvalue weighted by molar-refractivity contribution is -0.247. The molecule has 1 aliphatic rings. The maximum absolute atomic E-state index is 9.34. The first kappa shape index (κ1) is 12.3. The van der Waals surface area contributed by atoms with Gasteiger partial charge in [0.1, 0.15) is 0 Å². The molecule has 0 bridgehead atoms. The number of hydrogen-bond acceptors (Lipinski definition) is 3. The minimum Gasteiger partial charge on any atom is -0.394 e. The number of aliphatic hydroxyl groups is 1. The van der Waals surface area contributed by atoms with Gasteiger partial charge >= 0.3 is 0 Å². The van der Waals surface area contributed by atoms with Crippen LogP contribution in [0, 0.1) is 5.92 Å². The van der Waals surface area contributed by atoms with Crippen LogP contribution in [0.15, 0.2) is 43.0 Å². The van der Waals surface area contributed by atoms with Gasteiger partial charge < -0.3 is 14.6 Å². The SMILES string of the molecule is C=CC[C@@H]1CO[C@@H](c2ccccc2)O[C@H]1CO. The van der Waals surface area contributed by atoms with Crippen molar-refractivity contribution < 1.29 is 14.6 Å². The molecule has 92 valence electrons. The van der Waals surface area contributed by atoms with E-state index in [1.54, 1.807) is 0 Å². The Bertz CT molecular complexity index is 350. The number of rotatable bonds is 4. The molecule has 1 N–H and O–H groups in total. The Morgan fingerprint density at radius 1 is 1.35 bits per heavy atom. The fraction of sp³-hybridized carbons (Fsp3) is 0.429. The molecule has 0 spiro atoms. The van der Waals surface area contributed by atoms with Gasteiger partial charge in [-0.2, -0.15) is 0 Å². The lowest BCUT2D eigenvalue weighted by Gasteiger charge is -2.35. The molecule has 3 atom stereocenters. The van der Waals surface area contributed by atoms with Crippen LogP contribution in [0.3, 0.4) is 0 Å². The van der Waals surface area contributed by atoms with Crippen LogP contribution in [0.2, 0.25) is 0 Å². The van der Waals surface area contributed by atoms with Crippen LogP contribution in [0.1, 0.15) is 18.3 Å². The lowest BCUT2D eigenvalue weighted by atomic mass is 9.98. The number of allylic oxidation sites excluding steroid dienone is 1. The molecule has 1 heterocycles. The topological polar surface area (TPSA) is 38.7 Å². The molecule has 0 saturated carbocycles. The molecule has 1 fully saturated rings. The summed E-state index contributed by atoms with van der Waals surface area (Å²) in [5.41, 5.74) is 0.989. The van der Waals surface area contributed by atoms with E-state index in [9.17, 15) is 5.11 Å². The summed E-state index contributed by atoms with van der Waals surface area (Å²) in [4.78, 5) is 0. The fourth-order valence-electron chi connectivity index (χ4n) is 2.04. The van der Waals surface area contributed by atoms with Crippen molar-refractivity contribution in [3.05, 3.63) is 48.6 Å². The van der Waals surface area contributed by atoms with E-state index in [1.165, 1.54) is 0 Å². The molecule has 3 nitrogen and oxygen atoms in total. The maximum atomic E-state index is 9.34. The summed E-state index contributed by atoms with van der Waals surface area (Å²) in [5.74, 6) is 0.192. The van der Waals surface area contributed by atoms with Crippen LogP contribution < -0.4 is 0 Å². The summed E-state index contributed by atoms with van der Waals surface area (Å²) in [7, 11) is 0. The highest BCUT2D eigenvalue weighted by Gasteiger charge is 2.31. The van der Waals surface area contributed by atoms with Gasteiger partial charge in [-0.25, -0.2) is 0 Å². The van der Waals surface area contributed by atoms with Crippen molar-refractivity contribution in [1.29, 1.82) is 0 Å². The summed E-state index contributed by atoms with van der Waals surface area (Å²) in [6.07, 6.45) is 2.09. The molecule has 0 unspecified atom stereocenters. The average Bonchev–Trinajstić information content (AvgIpc) is 2.40. The molecule has 1 saturated heterocycles. The Morgan fingerprint density at radius 2 is 2.12 bits per heavy atom.